The molecular weight excluding hydrogens is 284 g/mol. The maximum Gasteiger partial charge on any atom is 0.407 e. The minimum absolute atomic E-state index is 0.0197. The number of aromatic nitrogens is 2. The number of anilines is 1. The maximum atomic E-state index is 11.8. The molecule has 1 saturated heterocycles. The van der Waals surface area contributed by atoms with Gasteiger partial charge in [0.15, 0.2) is 0 Å². The van der Waals surface area contributed by atoms with Crippen LogP contribution in [0.25, 0.3) is 0 Å². The summed E-state index contributed by atoms with van der Waals surface area (Å²) in [5.74, 6) is 1.14. The highest BCUT2D eigenvalue weighted by Gasteiger charge is 2.26. The molecule has 120 valence electrons. The number of H-pyrrole nitrogens is 1. The molecule has 0 bridgehead atoms. The lowest BCUT2D eigenvalue weighted by atomic mass is 10.1. The van der Waals surface area contributed by atoms with E-state index in [9.17, 15) is 9.59 Å². The molecule has 2 N–H and O–H groups in total. The van der Waals surface area contributed by atoms with Crippen LogP contribution in [0.1, 0.15) is 31.4 Å². The number of alkyl carbamates (subject to hydrolysis) is 1. The Labute approximate surface area is 129 Å². The smallest absolute Gasteiger partial charge is 0.407 e. The first kappa shape index (κ1) is 14.9. The average Bonchev–Trinajstić information content (AvgIpc) is 3.28. The topological polar surface area (TPSA) is 87.3 Å². The van der Waals surface area contributed by atoms with E-state index in [2.05, 4.69) is 15.3 Å². The summed E-state index contributed by atoms with van der Waals surface area (Å²) in [6.07, 6.45) is 3.83. The van der Waals surface area contributed by atoms with Gasteiger partial charge in [-0.1, -0.05) is 0 Å². The third-order valence-corrected chi connectivity index (χ3v) is 4.05. The summed E-state index contributed by atoms with van der Waals surface area (Å²) < 4.78 is 5.21. The van der Waals surface area contributed by atoms with Crippen LogP contribution in [0.4, 0.5) is 10.7 Å². The Morgan fingerprint density at radius 2 is 2.32 bits per heavy atom. The Morgan fingerprint density at radius 1 is 1.50 bits per heavy atom. The summed E-state index contributed by atoms with van der Waals surface area (Å²) in [6.45, 7) is 3.77. The van der Waals surface area contributed by atoms with Crippen LogP contribution in [0.5, 0.6) is 0 Å². The van der Waals surface area contributed by atoms with Crippen molar-refractivity contribution in [3.05, 3.63) is 22.1 Å². The minimum Gasteiger partial charge on any atom is -0.449 e. The summed E-state index contributed by atoms with van der Waals surface area (Å²) in [6, 6.07) is 1.49. The molecule has 1 amide bonds. The molecule has 1 saturated carbocycles. The fourth-order valence-electron chi connectivity index (χ4n) is 2.69. The van der Waals surface area contributed by atoms with E-state index in [4.69, 9.17) is 4.74 Å². The normalized spacial score (nSPS) is 21.5. The van der Waals surface area contributed by atoms with Gasteiger partial charge in [-0.2, -0.15) is 0 Å². The van der Waals surface area contributed by atoms with E-state index in [0.717, 1.165) is 32.2 Å². The quantitative estimate of drug-likeness (QED) is 0.872. The zero-order chi connectivity index (χ0) is 15.5. The predicted octanol–water partition coefficient (Wildman–Crippen LogP) is 1.18. The number of piperidine rings is 1. The van der Waals surface area contributed by atoms with Crippen LogP contribution in [0.3, 0.4) is 0 Å². The number of rotatable bonds is 4. The molecular formula is C15H22N4O3. The molecule has 2 aliphatic rings. The first-order chi connectivity index (χ1) is 10.6. The first-order valence-corrected chi connectivity index (χ1v) is 7.86. The number of hydrogen-bond acceptors (Lipinski definition) is 5. The molecule has 1 unspecified atom stereocenters. The van der Waals surface area contributed by atoms with Gasteiger partial charge >= 0.3 is 6.09 Å². The first-order valence-electron chi connectivity index (χ1n) is 7.86. The molecule has 0 spiro atoms. The summed E-state index contributed by atoms with van der Waals surface area (Å²) in [5.41, 5.74) is 0.541. The van der Waals surface area contributed by atoms with Crippen molar-refractivity contribution in [1.82, 2.24) is 15.3 Å². The van der Waals surface area contributed by atoms with Gasteiger partial charge in [-0.05, 0) is 38.5 Å². The second-order valence-electron chi connectivity index (χ2n) is 6.18. The fraction of sp³-hybridized carbons (Fsp3) is 0.667. The lowest BCUT2D eigenvalue weighted by molar-refractivity contribution is 0.136. The van der Waals surface area contributed by atoms with Gasteiger partial charge in [0.2, 0.25) is 5.95 Å². The number of amides is 1. The molecule has 7 heteroatoms. The van der Waals surface area contributed by atoms with Crippen LogP contribution in [-0.4, -0.2) is 41.8 Å². The third kappa shape index (κ3) is 3.99. The van der Waals surface area contributed by atoms with Gasteiger partial charge in [-0.3, -0.25) is 9.78 Å². The molecule has 2 heterocycles. The van der Waals surface area contributed by atoms with E-state index in [-0.39, 0.29) is 17.7 Å². The summed E-state index contributed by atoms with van der Waals surface area (Å²) in [4.78, 5) is 32.5. The summed E-state index contributed by atoms with van der Waals surface area (Å²) >= 11 is 0. The highest BCUT2D eigenvalue weighted by molar-refractivity contribution is 5.67. The summed E-state index contributed by atoms with van der Waals surface area (Å²) in [7, 11) is 0. The van der Waals surface area contributed by atoms with Gasteiger partial charge in [-0.15, -0.1) is 0 Å². The second kappa shape index (κ2) is 6.37. The monoisotopic (exact) mass is 306 g/mol. The average molecular weight is 306 g/mol. The van der Waals surface area contributed by atoms with E-state index in [1.165, 1.54) is 6.07 Å². The Kier molecular flexibility index (Phi) is 4.31. The SMILES string of the molecule is Cc1cc(=O)[nH]c(N2CCCC(NC(=O)OCC3CC3)C2)n1. The number of aromatic amines is 1. The van der Waals surface area contributed by atoms with Crippen LogP contribution < -0.4 is 15.8 Å². The van der Waals surface area contributed by atoms with E-state index in [0.29, 0.717) is 30.7 Å². The zero-order valence-corrected chi connectivity index (χ0v) is 12.8. The molecule has 1 aliphatic heterocycles. The summed E-state index contributed by atoms with van der Waals surface area (Å²) in [5, 5.41) is 2.91. The van der Waals surface area contributed by atoms with E-state index in [1.807, 2.05) is 4.90 Å². The van der Waals surface area contributed by atoms with Crippen LogP contribution in [-0.2, 0) is 4.74 Å². The van der Waals surface area contributed by atoms with Crippen LogP contribution in [0.2, 0.25) is 0 Å². The third-order valence-electron chi connectivity index (χ3n) is 4.05. The van der Waals surface area contributed by atoms with Crippen molar-refractivity contribution in [2.24, 2.45) is 5.92 Å². The number of aryl methyl sites for hydroxylation is 1. The molecule has 1 aromatic heterocycles. The van der Waals surface area contributed by atoms with E-state index in [1.54, 1.807) is 6.92 Å². The van der Waals surface area contributed by atoms with Crippen molar-refractivity contribution in [2.45, 2.75) is 38.6 Å². The number of nitrogens with one attached hydrogen (secondary N) is 2. The van der Waals surface area contributed by atoms with Gasteiger partial charge in [0.05, 0.1) is 6.61 Å². The van der Waals surface area contributed by atoms with Crippen molar-refractivity contribution in [3.8, 4) is 0 Å². The van der Waals surface area contributed by atoms with E-state index >= 15 is 0 Å². The van der Waals surface area contributed by atoms with Crippen LogP contribution in [0, 0.1) is 12.8 Å². The van der Waals surface area contributed by atoms with Crippen molar-refractivity contribution < 1.29 is 9.53 Å². The van der Waals surface area contributed by atoms with Crippen LogP contribution >= 0.6 is 0 Å². The molecule has 0 aromatic carbocycles. The lowest BCUT2D eigenvalue weighted by Gasteiger charge is -2.33. The highest BCUT2D eigenvalue weighted by Crippen LogP contribution is 2.28. The standard InChI is InChI=1S/C15H22N4O3/c1-10-7-13(20)18-14(16-10)19-6-2-3-12(8-19)17-15(21)22-9-11-4-5-11/h7,11-12H,2-6,8-9H2,1H3,(H,17,21)(H,16,18,20). The lowest BCUT2D eigenvalue weighted by Crippen LogP contribution is -2.48. The Balaban J connectivity index is 1.56. The van der Waals surface area contributed by atoms with Gasteiger partial charge in [0.25, 0.3) is 5.56 Å². The van der Waals surface area contributed by atoms with Gasteiger partial charge in [0.1, 0.15) is 0 Å². The van der Waals surface area contributed by atoms with Gasteiger partial charge in [-0.25, -0.2) is 9.78 Å². The highest BCUT2D eigenvalue weighted by atomic mass is 16.5. The number of ether oxygens (including phenoxy) is 1. The van der Waals surface area contributed by atoms with Gasteiger partial charge < -0.3 is 15.0 Å². The number of hydrogen-bond donors (Lipinski definition) is 2. The van der Waals surface area contributed by atoms with Crippen LogP contribution in [0.15, 0.2) is 10.9 Å². The fourth-order valence-corrected chi connectivity index (χ4v) is 2.69. The van der Waals surface area contributed by atoms with Gasteiger partial charge in [0, 0.05) is 30.9 Å². The maximum absolute atomic E-state index is 11.8. The predicted molar refractivity (Wildman–Crippen MR) is 82.0 cm³/mol. The van der Waals surface area contributed by atoms with E-state index < -0.39 is 0 Å². The number of carbonyl (C=O) groups is 1. The molecule has 7 nitrogen and oxygen atoms in total. The molecule has 3 rings (SSSR count). The van der Waals surface area contributed by atoms with Crippen molar-refractivity contribution in [1.29, 1.82) is 0 Å². The van der Waals surface area contributed by atoms with Crippen molar-refractivity contribution >= 4 is 12.0 Å². The molecule has 0 radical (unpaired) electrons. The number of nitrogens with zero attached hydrogens (tertiary/aromatic N) is 2. The largest absolute Gasteiger partial charge is 0.449 e. The molecule has 22 heavy (non-hydrogen) atoms. The van der Waals surface area contributed by atoms with Crippen molar-refractivity contribution in [3.63, 3.8) is 0 Å². The molecule has 1 atom stereocenters. The Bertz CT molecular complexity index is 597. The molecule has 2 fully saturated rings. The van der Waals surface area contributed by atoms with Crippen molar-refractivity contribution in [2.75, 3.05) is 24.6 Å². The molecule has 1 aromatic rings. The zero-order valence-electron chi connectivity index (χ0n) is 12.8. The Hall–Kier alpha value is -2.05. The Morgan fingerprint density at radius 3 is 3.05 bits per heavy atom. The second-order valence-corrected chi connectivity index (χ2v) is 6.18. The molecule has 1 aliphatic carbocycles. The number of carbonyl (C=O) groups excluding carboxylic acids is 1. The minimum atomic E-state index is -0.343.